The molecule has 2 aliphatic heterocycles. The maximum atomic E-state index is 12.6. The zero-order valence-electron chi connectivity index (χ0n) is 14.2. The van der Waals surface area contributed by atoms with Crippen LogP contribution in [-0.4, -0.2) is 41.9 Å². The second-order valence-corrected chi connectivity index (χ2v) is 7.85. The average Bonchev–Trinajstić information content (AvgIpc) is 3.12. The van der Waals surface area contributed by atoms with Crippen LogP contribution in [0.1, 0.15) is 48.9 Å². The van der Waals surface area contributed by atoms with Crippen LogP contribution in [0.3, 0.4) is 0 Å². The molecule has 5 nitrogen and oxygen atoms in total. The lowest BCUT2D eigenvalue weighted by atomic mass is 9.78. The molecule has 1 aromatic rings. The lowest BCUT2D eigenvalue weighted by molar-refractivity contribution is -0.137. The van der Waals surface area contributed by atoms with Gasteiger partial charge in [-0.2, -0.15) is 0 Å². The smallest absolute Gasteiger partial charge is 0.255 e. The fraction of sp³-hybridized carbons (Fsp3) is 0.579. The fourth-order valence-electron chi connectivity index (χ4n) is 4.24. The summed E-state index contributed by atoms with van der Waals surface area (Å²) < 4.78 is 6.30. The largest absolute Gasteiger partial charge is 0.485 e. The zero-order valence-corrected chi connectivity index (χ0v) is 15.0. The van der Waals surface area contributed by atoms with E-state index in [4.69, 9.17) is 16.3 Å². The van der Waals surface area contributed by atoms with Gasteiger partial charge in [0, 0.05) is 24.0 Å². The van der Waals surface area contributed by atoms with Crippen LogP contribution in [0.25, 0.3) is 0 Å². The third-order valence-corrected chi connectivity index (χ3v) is 5.98. The van der Waals surface area contributed by atoms with Gasteiger partial charge in [0.15, 0.2) is 0 Å². The number of amides is 2. The van der Waals surface area contributed by atoms with Crippen molar-refractivity contribution in [3.8, 4) is 5.75 Å². The monoisotopic (exact) mass is 362 g/mol. The molecule has 2 fully saturated rings. The van der Waals surface area contributed by atoms with E-state index in [0.29, 0.717) is 28.8 Å². The molecule has 1 saturated carbocycles. The highest BCUT2D eigenvalue weighted by molar-refractivity contribution is 6.31. The average molecular weight is 363 g/mol. The van der Waals surface area contributed by atoms with Gasteiger partial charge in [0.1, 0.15) is 11.4 Å². The van der Waals surface area contributed by atoms with Crippen LogP contribution >= 0.6 is 11.6 Å². The number of carbonyl (C=O) groups is 2. The van der Waals surface area contributed by atoms with Crippen molar-refractivity contribution >= 4 is 23.4 Å². The van der Waals surface area contributed by atoms with Gasteiger partial charge in [-0.1, -0.05) is 11.6 Å². The summed E-state index contributed by atoms with van der Waals surface area (Å²) in [5.74, 6) is 0.835. The van der Waals surface area contributed by atoms with E-state index in [1.165, 1.54) is 0 Å². The molecule has 1 aliphatic carbocycles. The molecule has 25 heavy (non-hydrogen) atoms. The van der Waals surface area contributed by atoms with Gasteiger partial charge < -0.3 is 15.0 Å². The van der Waals surface area contributed by atoms with Crippen LogP contribution in [0.2, 0.25) is 5.02 Å². The minimum Gasteiger partial charge on any atom is -0.485 e. The first-order valence-corrected chi connectivity index (χ1v) is 9.50. The predicted molar refractivity (Wildman–Crippen MR) is 94.9 cm³/mol. The van der Waals surface area contributed by atoms with E-state index in [1.54, 1.807) is 18.2 Å². The Bertz CT molecular complexity index is 692. The van der Waals surface area contributed by atoms with E-state index < -0.39 is 5.60 Å². The summed E-state index contributed by atoms with van der Waals surface area (Å²) >= 11 is 6.01. The van der Waals surface area contributed by atoms with Crippen LogP contribution in [-0.2, 0) is 4.79 Å². The van der Waals surface area contributed by atoms with Gasteiger partial charge in [0.2, 0.25) is 5.91 Å². The Morgan fingerprint density at radius 2 is 1.96 bits per heavy atom. The summed E-state index contributed by atoms with van der Waals surface area (Å²) in [6.45, 7) is 2.28. The van der Waals surface area contributed by atoms with E-state index in [1.807, 2.05) is 4.90 Å². The molecule has 1 saturated heterocycles. The summed E-state index contributed by atoms with van der Waals surface area (Å²) in [6.07, 6.45) is 5.43. The Hall–Kier alpha value is -1.75. The van der Waals surface area contributed by atoms with Crippen molar-refractivity contribution in [2.45, 2.75) is 44.1 Å². The molecular weight excluding hydrogens is 340 g/mol. The Balaban J connectivity index is 1.48. The predicted octanol–water partition coefficient (Wildman–Crippen LogP) is 3.01. The molecule has 2 heterocycles. The van der Waals surface area contributed by atoms with Gasteiger partial charge >= 0.3 is 0 Å². The van der Waals surface area contributed by atoms with Crippen molar-refractivity contribution in [2.75, 3.05) is 19.6 Å². The fourth-order valence-corrected chi connectivity index (χ4v) is 4.41. The number of benzene rings is 1. The van der Waals surface area contributed by atoms with Crippen LogP contribution in [0.5, 0.6) is 5.75 Å². The molecule has 3 aliphatic rings. The highest BCUT2D eigenvalue weighted by Crippen LogP contribution is 2.39. The standard InChI is InChI=1S/C19H23ClN2O3/c20-14-3-4-16-15(11-14)17(23)21-12-19(25-16)7-5-13(6-8-19)18(24)22-9-1-2-10-22/h3-4,11,13H,1-2,5-10,12H2,(H,21,23). The number of hydrogen-bond donors (Lipinski definition) is 1. The number of rotatable bonds is 1. The molecule has 6 heteroatoms. The Morgan fingerprint density at radius 3 is 2.68 bits per heavy atom. The summed E-state index contributed by atoms with van der Waals surface area (Å²) in [4.78, 5) is 27.0. The highest BCUT2D eigenvalue weighted by atomic mass is 35.5. The van der Waals surface area contributed by atoms with Crippen LogP contribution < -0.4 is 10.1 Å². The van der Waals surface area contributed by atoms with Gasteiger partial charge in [-0.25, -0.2) is 0 Å². The molecule has 134 valence electrons. The normalized spacial score (nSPS) is 28.9. The highest BCUT2D eigenvalue weighted by Gasteiger charge is 2.42. The lowest BCUT2D eigenvalue weighted by Crippen LogP contribution is -2.49. The third kappa shape index (κ3) is 3.22. The van der Waals surface area contributed by atoms with Gasteiger partial charge in [-0.15, -0.1) is 0 Å². The van der Waals surface area contributed by atoms with E-state index in [-0.39, 0.29) is 11.8 Å². The van der Waals surface area contributed by atoms with Crippen LogP contribution in [0.4, 0.5) is 0 Å². The quantitative estimate of drug-likeness (QED) is 0.835. The van der Waals surface area contributed by atoms with Crippen molar-refractivity contribution in [3.63, 3.8) is 0 Å². The summed E-state index contributed by atoms with van der Waals surface area (Å²) in [6, 6.07) is 5.16. The van der Waals surface area contributed by atoms with E-state index in [9.17, 15) is 9.59 Å². The minimum atomic E-state index is -0.420. The maximum Gasteiger partial charge on any atom is 0.255 e. The molecule has 0 aromatic heterocycles. The van der Waals surface area contributed by atoms with Crippen molar-refractivity contribution < 1.29 is 14.3 Å². The first-order chi connectivity index (χ1) is 12.1. The number of nitrogens with zero attached hydrogens (tertiary/aromatic N) is 1. The molecule has 1 aromatic carbocycles. The number of likely N-dealkylation sites (tertiary alicyclic amines) is 1. The van der Waals surface area contributed by atoms with E-state index in [2.05, 4.69) is 5.32 Å². The van der Waals surface area contributed by atoms with Crippen LogP contribution in [0.15, 0.2) is 18.2 Å². The minimum absolute atomic E-state index is 0.0935. The van der Waals surface area contributed by atoms with Crippen molar-refractivity contribution in [2.24, 2.45) is 5.92 Å². The molecule has 1 spiro atoms. The molecule has 0 bridgehead atoms. The number of carbonyl (C=O) groups excluding carboxylic acids is 2. The molecule has 2 amide bonds. The molecule has 0 atom stereocenters. The van der Waals surface area contributed by atoms with Crippen molar-refractivity contribution in [3.05, 3.63) is 28.8 Å². The number of halogens is 1. The molecule has 0 radical (unpaired) electrons. The van der Waals surface area contributed by atoms with Gasteiger partial charge in [0.25, 0.3) is 5.91 Å². The topological polar surface area (TPSA) is 58.6 Å². The Morgan fingerprint density at radius 1 is 1.24 bits per heavy atom. The number of nitrogens with one attached hydrogen (secondary N) is 1. The summed E-state index contributed by atoms with van der Waals surface area (Å²) in [7, 11) is 0. The zero-order chi connectivity index (χ0) is 17.4. The number of hydrogen-bond acceptors (Lipinski definition) is 3. The second-order valence-electron chi connectivity index (χ2n) is 7.41. The molecular formula is C19H23ClN2O3. The maximum absolute atomic E-state index is 12.6. The first-order valence-electron chi connectivity index (χ1n) is 9.12. The first kappa shape index (κ1) is 16.7. The van der Waals surface area contributed by atoms with Gasteiger partial charge in [0.05, 0.1) is 12.1 Å². The van der Waals surface area contributed by atoms with Gasteiger partial charge in [-0.3, -0.25) is 9.59 Å². The Labute approximate surface area is 152 Å². The molecule has 1 N–H and O–H groups in total. The van der Waals surface area contributed by atoms with E-state index >= 15 is 0 Å². The third-order valence-electron chi connectivity index (χ3n) is 5.75. The second kappa shape index (κ2) is 6.52. The van der Waals surface area contributed by atoms with Crippen molar-refractivity contribution in [1.82, 2.24) is 10.2 Å². The summed E-state index contributed by atoms with van der Waals surface area (Å²) in [5, 5.41) is 3.49. The Kier molecular flexibility index (Phi) is 4.36. The SMILES string of the molecule is O=C1NCC2(CCC(C(=O)N3CCCC3)CC2)Oc2ccc(Cl)cc21. The number of ether oxygens (including phenoxy) is 1. The van der Waals surface area contributed by atoms with Gasteiger partial charge in [-0.05, 0) is 56.7 Å². The molecule has 4 rings (SSSR count). The van der Waals surface area contributed by atoms with Crippen molar-refractivity contribution in [1.29, 1.82) is 0 Å². The lowest BCUT2D eigenvalue weighted by Gasteiger charge is -2.39. The number of fused-ring (bicyclic) bond motifs is 1. The van der Waals surface area contributed by atoms with E-state index in [0.717, 1.165) is 51.6 Å². The van der Waals surface area contributed by atoms with Crippen LogP contribution in [0, 0.1) is 5.92 Å². The molecule has 0 unspecified atom stereocenters. The summed E-state index contributed by atoms with van der Waals surface area (Å²) in [5.41, 5.74) is 0.0657.